The first-order valence-corrected chi connectivity index (χ1v) is 12.7. The molecule has 3 saturated heterocycles. The first-order valence-electron chi connectivity index (χ1n) is 11.9. The number of hydrogen-bond acceptors (Lipinski definition) is 12. The van der Waals surface area contributed by atoms with Crippen LogP contribution in [0, 0.1) is 10.8 Å². The van der Waals surface area contributed by atoms with Gasteiger partial charge in [-0.1, -0.05) is 11.8 Å². The molecular formula is C23H30N8O3S. The number of nitrogen functional groups attached to an aromatic ring is 1. The highest BCUT2D eigenvalue weighted by Gasteiger charge is 2.48. The summed E-state index contributed by atoms with van der Waals surface area (Å²) in [4.78, 5) is 16.5. The molecular weight excluding hydrogens is 468 g/mol. The largest absolute Gasteiger partial charge is 0.486 e. The van der Waals surface area contributed by atoms with E-state index in [2.05, 4.69) is 25.2 Å². The van der Waals surface area contributed by atoms with E-state index in [0.717, 1.165) is 43.3 Å². The number of nitrogens with zero attached hydrogens (tertiary/aromatic N) is 4. The monoisotopic (exact) mass is 498 g/mol. The standard InChI is InChI=1S/C23H30N8O3S/c1-13-18(24)22(9-33-13)3-6-31(7-4-22)15-8-28-16(19(25)29-15)20(26)35-14-2-5-27-21-17(14)34-12-23(30-21)10-32-11-23/h2,5,8,13,18,26H,3-4,6-7,9-12,24H2,1H3,(H2,25,29)(H,27,30)/t13-,18+/m0/s1. The topological polar surface area (TPSA) is 158 Å². The lowest BCUT2D eigenvalue weighted by atomic mass is 9.73. The Morgan fingerprint density at radius 2 is 2.03 bits per heavy atom. The van der Waals surface area contributed by atoms with Crippen LogP contribution in [0.5, 0.6) is 5.75 Å². The summed E-state index contributed by atoms with van der Waals surface area (Å²) in [6.07, 6.45) is 5.39. The molecule has 0 unspecified atom stereocenters. The first kappa shape index (κ1) is 22.8. The van der Waals surface area contributed by atoms with Crippen LogP contribution in [0.25, 0.3) is 0 Å². The van der Waals surface area contributed by atoms with Crippen LogP contribution in [0.4, 0.5) is 17.5 Å². The third-order valence-corrected chi connectivity index (χ3v) is 8.58. The van der Waals surface area contributed by atoms with Gasteiger partial charge in [0.25, 0.3) is 0 Å². The molecule has 0 aliphatic carbocycles. The number of fused-ring (bicyclic) bond motifs is 1. The van der Waals surface area contributed by atoms with Crippen LogP contribution >= 0.6 is 11.8 Å². The fourth-order valence-electron chi connectivity index (χ4n) is 5.27. The van der Waals surface area contributed by atoms with Crippen molar-refractivity contribution in [3.63, 3.8) is 0 Å². The maximum absolute atomic E-state index is 8.64. The zero-order valence-electron chi connectivity index (χ0n) is 19.6. The lowest BCUT2D eigenvalue weighted by Crippen LogP contribution is -2.61. The number of aromatic nitrogens is 3. The number of anilines is 3. The molecule has 6 rings (SSSR count). The molecule has 2 aromatic heterocycles. The van der Waals surface area contributed by atoms with Crippen molar-refractivity contribution in [3.8, 4) is 5.75 Å². The van der Waals surface area contributed by atoms with E-state index in [4.69, 9.17) is 31.1 Å². The molecule has 12 heteroatoms. The summed E-state index contributed by atoms with van der Waals surface area (Å²) in [5.74, 6) is 2.26. The summed E-state index contributed by atoms with van der Waals surface area (Å²) < 4.78 is 17.2. The van der Waals surface area contributed by atoms with Crippen LogP contribution in [0.2, 0.25) is 0 Å². The number of nitrogens with one attached hydrogen (secondary N) is 2. The van der Waals surface area contributed by atoms with Crippen molar-refractivity contribution in [2.24, 2.45) is 11.1 Å². The Morgan fingerprint density at radius 3 is 2.69 bits per heavy atom. The molecule has 2 aromatic rings. The molecule has 35 heavy (non-hydrogen) atoms. The molecule has 0 bridgehead atoms. The molecule has 186 valence electrons. The molecule has 3 fully saturated rings. The minimum atomic E-state index is -0.204. The number of ether oxygens (including phenoxy) is 3. The smallest absolute Gasteiger partial charge is 0.175 e. The maximum Gasteiger partial charge on any atom is 0.175 e. The van der Waals surface area contributed by atoms with Crippen LogP contribution in [0.15, 0.2) is 23.4 Å². The van der Waals surface area contributed by atoms with Gasteiger partial charge in [-0.15, -0.1) is 0 Å². The SMILES string of the molecule is C[C@@H]1OCC2(CCN(c3cnc(C(=N)Sc4ccnc5c4OCC4(COC4)N5)c(N)n3)CC2)[C@@H]1N. The zero-order valence-corrected chi connectivity index (χ0v) is 20.4. The minimum Gasteiger partial charge on any atom is -0.486 e. The van der Waals surface area contributed by atoms with Gasteiger partial charge in [-0.25, -0.2) is 15.0 Å². The van der Waals surface area contributed by atoms with E-state index in [1.165, 1.54) is 11.8 Å². The maximum atomic E-state index is 8.64. The van der Waals surface area contributed by atoms with Gasteiger partial charge in [0.15, 0.2) is 17.4 Å². The van der Waals surface area contributed by atoms with Crippen molar-refractivity contribution in [1.29, 1.82) is 5.41 Å². The number of pyridine rings is 1. The number of rotatable bonds is 3. The highest BCUT2D eigenvalue weighted by Crippen LogP contribution is 2.43. The van der Waals surface area contributed by atoms with E-state index in [1.807, 2.05) is 13.0 Å². The van der Waals surface area contributed by atoms with Crippen LogP contribution in [-0.4, -0.2) is 77.2 Å². The fraction of sp³-hybridized carbons (Fsp3) is 0.565. The third kappa shape index (κ3) is 3.88. The quantitative estimate of drug-likeness (QED) is 0.276. The summed E-state index contributed by atoms with van der Waals surface area (Å²) in [5.41, 5.74) is 12.9. The molecule has 0 amide bonds. The Hall–Kier alpha value is -2.67. The summed E-state index contributed by atoms with van der Waals surface area (Å²) in [5, 5.41) is 12.3. The van der Waals surface area contributed by atoms with Crippen molar-refractivity contribution < 1.29 is 14.2 Å². The molecule has 2 atom stereocenters. The lowest BCUT2D eigenvalue weighted by molar-refractivity contribution is -0.0652. The van der Waals surface area contributed by atoms with Crippen molar-refractivity contribution in [2.75, 3.05) is 55.5 Å². The van der Waals surface area contributed by atoms with Crippen molar-refractivity contribution in [1.82, 2.24) is 15.0 Å². The van der Waals surface area contributed by atoms with Gasteiger partial charge in [-0.3, -0.25) is 5.41 Å². The fourth-order valence-corrected chi connectivity index (χ4v) is 6.13. The van der Waals surface area contributed by atoms with Crippen molar-refractivity contribution in [3.05, 3.63) is 24.2 Å². The second-order valence-electron chi connectivity index (χ2n) is 9.96. The molecule has 6 N–H and O–H groups in total. The van der Waals surface area contributed by atoms with Gasteiger partial charge in [0.05, 0.1) is 37.0 Å². The average molecular weight is 499 g/mol. The Labute approximate surface area is 207 Å². The highest BCUT2D eigenvalue weighted by atomic mass is 32.2. The Balaban J connectivity index is 1.14. The predicted molar refractivity (Wildman–Crippen MR) is 133 cm³/mol. The Kier molecular flexibility index (Phi) is 5.51. The van der Waals surface area contributed by atoms with E-state index in [-0.39, 0.29) is 34.0 Å². The molecule has 0 saturated carbocycles. The predicted octanol–water partition coefficient (Wildman–Crippen LogP) is 1.48. The van der Waals surface area contributed by atoms with Gasteiger partial charge >= 0.3 is 0 Å². The van der Waals surface area contributed by atoms with Crippen LogP contribution in [-0.2, 0) is 9.47 Å². The number of hydrogen-bond donors (Lipinski definition) is 4. The number of nitrogens with two attached hydrogens (primary N) is 2. The zero-order chi connectivity index (χ0) is 24.2. The van der Waals surface area contributed by atoms with Crippen LogP contribution in [0.3, 0.4) is 0 Å². The van der Waals surface area contributed by atoms with E-state index >= 15 is 0 Å². The Morgan fingerprint density at radius 1 is 1.23 bits per heavy atom. The average Bonchev–Trinajstić information content (AvgIpc) is 3.11. The second kappa shape index (κ2) is 8.47. The summed E-state index contributed by atoms with van der Waals surface area (Å²) in [6.45, 7) is 6.10. The number of thioether (sulfide) groups is 1. The first-order chi connectivity index (χ1) is 16.9. The molecule has 4 aliphatic rings. The summed E-state index contributed by atoms with van der Waals surface area (Å²) >= 11 is 1.23. The van der Waals surface area contributed by atoms with Crippen molar-refractivity contribution >= 4 is 34.3 Å². The lowest BCUT2D eigenvalue weighted by Gasteiger charge is -2.45. The Bertz CT molecular complexity index is 1150. The highest BCUT2D eigenvalue weighted by molar-refractivity contribution is 8.14. The molecule has 4 aliphatic heterocycles. The minimum absolute atomic E-state index is 0.0412. The molecule has 6 heterocycles. The van der Waals surface area contributed by atoms with Crippen molar-refractivity contribution in [2.45, 2.75) is 42.3 Å². The van der Waals surface area contributed by atoms with Crippen LogP contribution < -0.4 is 26.4 Å². The molecule has 2 spiro atoms. The third-order valence-electron chi connectivity index (χ3n) is 7.65. The van der Waals surface area contributed by atoms with Gasteiger partial charge in [0.1, 0.15) is 28.7 Å². The summed E-state index contributed by atoms with van der Waals surface area (Å²) in [7, 11) is 0. The normalized spacial score (nSPS) is 26.1. The number of piperidine rings is 1. The van der Waals surface area contributed by atoms with E-state index < -0.39 is 0 Å². The van der Waals surface area contributed by atoms with Crippen LogP contribution in [0.1, 0.15) is 25.5 Å². The van der Waals surface area contributed by atoms with E-state index in [0.29, 0.717) is 37.1 Å². The van der Waals surface area contributed by atoms with Gasteiger partial charge in [-0.2, -0.15) is 0 Å². The molecule has 0 aromatic carbocycles. The van der Waals surface area contributed by atoms with Gasteiger partial charge in [0, 0.05) is 30.7 Å². The molecule has 11 nitrogen and oxygen atoms in total. The van der Waals surface area contributed by atoms with Gasteiger partial charge in [0.2, 0.25) is 0 Å². The summed E-state index contributed by atoms with van der Waals surface area (Å²) in [6, 6.07) is 1.89. The molecule has 0 radical (unpaired) electrons. The second-order valence-corrected chi connectivity index (χ2v) is 11.0. The van der Waals surface area contributed by atoms with E-state index in [1.54, 1.807) is 12.4 Å². The van der Waals surface area contributed by atoms with E-state index in [9.17, 15) is 0 Å². The van der Waals surface area contributed by atoms with Gasteiger partial charge < -0.3 is 35.9 Å². The van der Waals surface area contributed by atoms with Gasteiger partial charge in [-0.05, 0) is 25.8 Å².